The molecular weight excluding hydrogens is 316 g/mol. The van der Waals surface area contributed by atoms with Gasteiger partial charge in [-0.2, -0.15) is 5.10 Å². The number of amides is 1. The van der Waals surface area contributed by atoms with Gasteiger partial charge in [0.25, 0.3) is 5.56 Å². The van der Waals surface area contributed by atoms with E-state index in [9.17, 15) is 9.59 Å². The topological polar surface area (TPSA) is 67.2 Å². The second-order valence-corrected chi connectivity index (χ2v) is 7.74. The molecule has 6 nitrogen and oxygen atoms in total. The number of nitrogens with zero attached hydrogens (tertiary/aromatic N) is 3. The number of aryl methyl sites for hydroxylation is 1. The smallest absolute Gasteiger partial charge is 0.268 e. The lowest BCUT2D eigenvalue weighted by atomic mass is 9.92. The Bertz CT molecular complexity index is 733. The van der Waals surface area contributed by atoms with Gasteiger partial charge >= 0.3 is 0 Å². The van der Waals surface area contributed by atoms with E-state index in [1.807, 2.05) is 0 Å². The highest BCUT2D eigenvalue weighted by Crippen LogP contribution is 2.43. The maximum atomic E-state index is 12.4. The molecule has 2 fully saturated rings. The van der Waals surface area contributed by atoms with E-state index in [0.29, 0.717) is 17.8 Å². The van der Waals surface area contributed by atoms with Gasteiger partial charge in [0.2, 0.25) is 5.91 Å². The van der Waals surface area contributed by atoms with Crippen LogP contribution < -0.4 is 15.8 Å². The zero-order chi connectivity index (χ0) is 17.4. The lowest BCUT2D eigenvalue weighted by Crippen LogP contribution is -2.41. The van der Waals surface area contributed by atoms with Gasteiger partial charge in [-0.25, -0.2) is 4.68 Å². The molecule has 0 radical (unpaired) electrons. The zero-order valence-electron chi connectivity index (χ0n) is 14.7. The molecule has 2 heterocycles. The minimum atomic E-state index is -0.0770. The third kappa shape index (κ3) is 3.34. The summed E-state index contributed by atoms with van der Waals surface area (Å²) < 4.78 is 1.34. The van der Waals surface area contributed by atoms with E-state index >= 15 is 0 Å². The molecular formula is C19H26N4O2. The molecule has 1 saturated carbocycles. The molecule has 25 heavy (non-hydrogen) atoms. The Morgan fingerprint density at radius 2 is 2.08 bits per heavy atom. The van der Waals surface area contributed by atoms with E-state index < -0.39 is 0 Å². The molecule has 2 aliphatic carbocycles. The first-order chi connectivity index (χ1) is 12.1. The van der Waals surface area contributed by atoms with Gasteiger partial charge in [-0.15, -0.1) is 0 Å². The number of aromatic nitrogens is 2. The zero-order valence-corrected chi connectivity index (χ0v) is 14.7. The Kier molecular flexibility index (Phi) is 4.36. The third-order valence-electron chi connectivity index (χ3n) is 6.11. The van der Waals surface area contributed by atoms with Crippen molar-refractivity contribution in [1.29, 1.82) is 0 Å². The highest BCUT2D eigenvalue weighted by molar-refractivity contribution is 5.80. The van der Waals surface area contributed by atoms with E-state index in [-0.39, 0.29) is 17.4 Å². The van der Waals surface area contributed by atoms with Crippen LogP contribution in [-0.2, 0) is 11.8 Å². The summed E-state index contributed by atoms with van der Waals surface area (Å²) in [6.45, 7) is 2.59. The molecule has 1 N–H and O–H groups in total. The van der Waals surface area contributed by atoms with Gasteiger partial charge in [0.15, 0.2) is 0 Å². The predicted molar refractivity (Wildman–Crippen MR) is 96.3 cm³/mol. The molecule has 2 bridgehead atoms. The largest absolute Gasteiger partial charge is 0.370 e. The molecule has 6 heteroatoms. The van der Waals surface area contributed by atoms with Crippen molar-refractivity contribution in [2.45, 2.75) is 25.7 Å². The SMILES string of the molecule is Cn1ncc(N2CCC(CNC(=O)[C@H]3C[C@@H]4C=C[C@H]3C4)CC2)cc1=O. The number of nitrogens with one attached hydrogen (secondary N) is 1. The number of hydrogen-bond donors (Lipinski definition) is 1. The Hall–Kier alpha value is -2.11. The van der Waals surface area contributed by atoms with Crippen LogP contribution in [0.5, 0.6) is 0 Å². The Morgan fingerprint density at radius 1 is 1.28 bits per heavy atom. The van der Waals surface area contributed by atoms with Crippen molar-refractivity contribution in [1.82, 2.24) is 15.1 Å². The molecule has 1 saturated heterocycles. The van der Waals surface area contributed by atoms with Crippen LogP contribution in [0.2, 0.25) is 0 Å². The van der Waals surface area contributed by atoms with Crippen molar-refractivity contribution in [3.63, 3.8) is 0 Å². The van der Waals surface area contributed by atoms with Crippen LogP contribution in [0.1, 0.15) is 25.7 Å². The Balaban J connectivity index is 1.25. The number of anilines is 1. The van der Waals surface area contributed by atoms with Gasteiger partial charge in [0, 0.05) is 38.7 Å². The summed E-state index contributed by atoms with van der Waals surface area (Å²) in [5.74, 6) is 2.07. The maximum Gasteiger partial charge on any atom is 0.268 e. The van der Waals surface area contributed by atoms with Crippen molar-refractivity contribution >= 4 is 11.6 Å². The molecule has 4 rings (SSSR count). The standard InChI is InChI=1S/C19H26N4O2/c1-22-18(24)10-16(12-21-22)23-6-4-13(5-7-23)11-20-19(25)17-9-14-2-3-15(17)8-14/h2-3,10,12-15,17H,4-9,11H2,1H3,(H,20,25)/t14-,15+,17+/m1/s1. The van der Waals surface area contributed by atoms with E-state index in [2.05, 4.69) is 27.5 Å². The van der Waals surface area contributed by atoms with Crippen molar-refractivity contribution in [3.05, 3.63) is 34.8 Å². The second kappa shape index (κ2) is 6.65. The number of hydrogen-bond acceptors (Lipinski definition) is 4. The van der Waals surface area contributed by atoms with Crippen LogP contribution in [0, 0.1) is 23.7 Å². The fourth-order valence-corrected chi connectivity index (χ4v) is 4.49. The quantitative estimate of drug-likeness (QED) is 0.838. The van der Waals surface area contributed by atoms with Crippen LogP contribution in [0.25, 0.3) is 0 Å². The van der Waals surface area contributed by atoms with Crippen LogP contribution in [0.15, 0.2) is 29.2 Å². The van der Waals surface area contributed by atoms with Crippen molar-refractivity contribution in [2.24, 2.45) is 30.7 Å². The minimum absolute atomic E-state index is 0.0770. The molecule has 1 aromatic heterocycles. The summed E-state index contributed by atoms with van der Waals surface area (Å²) in [5, 5.41) is 7.29. The van der Waals surface area contributed by atoms with Crippen molar-refractivity contribution < 1.29 is 4.79 Å². The van der Waals surface area contributed by atoms with Crippen LogP contribution in [0.3, 0.4) is 0 Å². The van der Waals surface area contributed by atoms with E-state index in [1.54, 1.807) is 19.3 Å². The molecule has 0 spiro atoms. The first-order valence-corrected chi connectivity index (χ1v) is 9.34. The summed E-state index contributed by atoms with van der Waals surface area (Å²) in [6, 6.07) is 1.65. The van der Waals surface area contributed by atoms with Gasteiger partial charge < -0.3 is 10.2 Å². The van der Waals surface area contributed by atoms with Gasteiger partial charge in [-0.05, 0) is 43.4 Å². The van der Waals surface area contributed by atoms with Gasteiger partial charge in [-0.3, -0.25) is 9.59 Å². The minimum Gasteiger partial charge on any atom is -0.370 e. The highest BCUT2D eigenvalue weighted by atomic mass is 16.2. The van der Waals surface area contributed by atoms with E-state index in [0.717, 1.165) is 44.6 Å². The molecule has 1 aliphatic heterocycles. The van der Waals surface area contributed by atoms with Crippen LogP contribution in [-0.4, -0.2) is 35.3 Å². The molecule has 3 atom stereocenters. The summed E-state index contributed by atoms with van der Waals surface area (Å²) >= 11 is 0. The number of carbonyl (C=O) groups is 1. The Morgan fingerprint density at radius 3 is 2.72 bits per heavy atom. The van der Waals surface area contributed by atoms with Gasteiger partial charge in [-0.1, -0.05) is 12.2 Å². The average Bonchev–Trinajstić information content (AvgIpc) is 3.26. The lowest BCUT2D eigenvalue weighted by molar-refractivity contribution is -0.125. The van der Waals surface area contributed by atoms with E-state index in [4.69, 9.17) is 0 Å². The molecule has 0 unspecified atom stereocenters. The first-order valence-electron chi connectivity index (χ1n) is 9.34. The lowest BCUT2D eigenvalue weighted by Gasteiger charge is -2.33. The molecule has 0 aromatic carbocycles. The predicted octanol–water partition coefficient (Wildman–Crippen LogP) is 1.33. The number of rotatable bonds is 4. The second-order valence-electron chi connectivity index (χ2n) is 7.74. The highest BCUT2D eigenvalue weighted by Gasteiger charge is 2.39. The number of carbonyl (C=O) groups excluding carboxylic acids is 1. The number of fused-ring (bicyclic) bond motifs is 2. The van der Waals surface area contributed by atoms with Crippen molar-refractivity contribution in [3.8, 4) is 0 Å². The van der Waals surface area contributed by atoms with Gasteiger partial charge in [0.1, 0.15) is 0 Å². The van der Waals surface area contributed by atoms with Crippen LogP contribution in [0.4, 0.5) is 5.69 Å². The van der Waals surface area contributed by atoms with Gasteiger partial charge in [0.05, 0.1) is 11.9 Å². The summed E-state index contributed by atoms with van der Waals surface area (Å²) in [6.07, 6.45) is 10.5. The fourth-order valence-electron chi connectivity index (χ4n) is 4.49. The fraction of sp³-hybridized carbons (Fsp3) is 0.632. The van der Waals surface area contributed by atoms with Crippen molar-refractivity contribution in [2.75, 3.05) is 24.5 Å². The number of piperidine rings is 1. The summed E-state index contributed by atoms with van der Waals surface area (Å²) in [4.78, 5) is 26.4. The first kappa shape index (κ1) is 16.4. The Labute approximate surface area is 147 Å². The summed E-state index contributed by atoms with van der Waals surface area (Å²) in [5.41, 5.74) is 0.825. The maximum absolute atomic E-state index is 12.4. The van der Waals surface area contributed by atoms with Crippen LogP contribution >= 0.6 is 0 Å². The molecule has 1 aromatic rings. The average molecular weight is 342 g/mol. The molecule has 134 valence electrons. The monoisotopic (exact) mass is 342 g/mol. The normalized spacial score (nSPS) is 28.5. The van der Waals surface area contributed by atoms with E-state index in [1.165, 1.54) is 11.1 Å². The summed E-state index contributed by atoms with van der Waals surface area (Å²) in [7, 11) is 1.66. The molecule has 3 aliphatic rings. The molecule has 1 amide bonds. The number of allylic oxidation sites excluding steroid dienone is 2. The third-order valence-corrected chi connectivity index (χ3v) is 6.11.